The van der Waals surface area contributed by atoms with Crippen molar-refractivity contribution >= 4 is 15.9 Å². The van der Waals surface area contributed by atoms with E-state index in [-0.39, 0.29) is 16.2 Å². The predicted octanol–water partition coefficient (Wildman–Crippen LogP) is 3.45. The number of carbonyl (C=O) groups is 1. The van der Waals surface area contributed by atoms with Crippen molar-refractivity contribution in [3.63, 3.8) is 0 Å². The molecule has 2 aromatic carbocycles. The van der Waals surface area contributed by atoms with E-state index in [4.69, 9.17) is 0 Å². The summed E-state index contributed by atoms with van der Waals surface area (Å²) in [7, 11) is -3.67. The zero-order valence-corrected chi connectivity index (χ0v) is 17.5. The van der Waals surface area contributed by atoms with Gasteiger partial charge in [-0.1, -0.05) is 63.2 Å². The Labute approximate surface area is 167 Å². The van der Waals surface area contributed by atoms with Gasteiger partial charge in [0.2, 0.25) is 15.9 Å². The van der Waals surface area contributed by atoms with E-state index in [9.17, 15) is 13.2 Å². The van der Waals surface area contributed by atoms with Crippen molar-refractivity contribution in [3.05, 3.63) is 65.7 Å². The number of nitrogens with zero attached hydrogens (tertiary/aromatic N) is 1. The van der Waals surface area contributed by atoms with Crippen LogP contribution in [-0.4, -0.2) is 31.2 Å². The molecule has 28 heavy (non-hydrogen) atoms. The topological polar surface area (TPSA) is 66.5 Å². The quantitative estimate of drug-likeness (QED) is 0.836. The van der Waals surface area contributed by atoms with Crippen molar-refractivity contribution in [1.29, 1.82) is 0 Å². The Morgan fingerprint density at radius 1 is 1.07 bits per heavy atom. The van der Waals surface area contributed by atoms with Crippen LogP contribution < -0.4 is 5.32 Å². The van der Waals surface area contributed by atoms with Gasteiger partial charge in [-0.2, -0.15) is 4.31 Å². The highest BCUT2D eigenvalue weighted by Gasteiger charge is 2.39. The fraction of sp³-hybridized carbons (Fsp3) is 0.409. The Morgan fingerprint density at radius 2 is 1.71 bits per heavy atom. The van der Waals surface area contributed by atoms with E-state index >= 15 is 0 Å². The number of hydrogen-bond acceptors (Lipinski definition) is 3. The molecule has 2 aromatic rings. The van der Waals surface area contributed by atoms with Crippen LogP contribution in [0.5, 0.6) is 0 Å². The van der Waals surface area contributed by atoms with E-state index in [1.54, 1.807) is 30.3 Å². The van der Waals surface area contributed by atoms with Crippen LogP contribution in [0, 0.1) is 0 Å². The number of carbonyl (C=O) groups excluding carboxylic acids is 1. The first-order valence-corrected chi connectivity index (χ1v) is 11.1. The first kappa shape index (κ1) is 20.6. The number of hydrogen-bond donors (Lipinski definition) is 1. The summed E-state index contributed by atoms with van der Waals surface area (Å²) in [6.07, 6.45) is 1.23. The van der Waals surface area contributed by atoms with E-state index in [0.717, 1.165) is 5.56 Å². The first-order chi connectivity index (χ1) is 13.2. The molecule has 1 heterocycles. The lowest BCUT2D eigenvalue weighted by atomic mass is 9.87. The van der Waals surface area contributed by atoms with E-state index in [1.165, 1.54) is 9.87 Å². The van der Waals surface area contributed by atoms with Gasteiger partial charge in [-0.25, -0.2) is 8.42 Å². The third-order valence-electron chi connectivity index (χ3n) is 5.14. The van der Waals surface area contributed by atoms with Crippen molar-refractivity contribution in [3.8, 4) is 0 Å². The maximum Gasteiger partial charge on any atom is 0.243 e. The second-order valence-corrected chi connectivity index (χ2v) is 10.1. The number of nitrogens with one attached hydrogen (secondary N) is 1. The molecular weight excluding hydrogens is 372 g/mol. The van der Waals surface area contributed by atoms with Crippen LogP contribution >= 0.6 is 0 Å². The smallest absolute Gasteiger partial charge is 0.243 e. The van der Waals surface area contributed by atoms with Gasteiger partial charge in [0.05, 0.1) is 4.90 Å². The maximum absolute atomic E-state index is 12.9. The van der Waals surface area contributed by atoms with Gasteiger partial charge in [0.25, 0.3) is 0 Å². The third kappa shape index (κ3) is 4.45. The van der Waals surface area contributed by atoms with Gasteiger partial charge < -0.3 is 5.32 Å². The molecule has 1 aliphatic rings. The van der Waals surface area contributed by atoms with Gasteiger partial charge in [-0.3, -0.25) is 4.79 Å². The summed E-state index contributed by atoms with van der Waals surface area (Å²) in [5.41, 5.74) is 2.31. The number of rotatable bonds is 5. The Kier molecular flexibility index (Phi) is 5.91. The molecule has 1 atom stereocenters. The molecule has 150 valence electrons. The normalized spacial score (nSPS) is 18.2. The van der Waals surface area contributed by atoms with E-state index in [1.807, 2.05) is 12.1 Å². The standard InChI is InChI=1S/C22H28N2O3S/c1-22(2,3)18-13-11-17(12-14-18)16-23-21(25)20-10-7-15-24(20)28(26,27)19-8-5-4-6-9-19/h4-6,8-9,11-14,20H,7,10,15-16H2,1-3H3,(H,23,25)/t20-/m1/s1. The average molecular weight is 401 g/mol. The highest BCUT2D eigenvalue weighted by Crippen LogP contribution is 2.26. The molecule has 3 rings (SSSR count). The third-order valence-corrected chi connectivity index (χ3v) is 7.07. The lowest BCUT2D eigenvalue weighted by Crippen LogP contribution is -2.45. The molecule has 6 heteroatoms. The molecule has 1 N–H and O–H groups in total. The van der Waals surface area contributed by atoms with Gasteiger partial charge >= 0.3 is 0 Å². The second-order valence-electron chi connectivity index (χ2n) is 8.25. The molecule has 0 bridgehead atoms. The summed E-state index contributed by atoms with van der Waals surface area (Å²) in [5.74, 6) is -0.239. The molecule has 5 nitrogen and oxygen atoms in total. The molecule has 0 saturated carbocycles. The Hall–Kier alpha value is -2.18. The Bertz CT molecular complexity index is 917. The number of benzene rings is 2. The minimum atomic E-state index is -3.67. The Morgan fingerprint density at radius 3 is 2.32 bits per heavy atom. The fourth-order valence-electron chi connectivity index (χ4n) is 3.45. The van der Waals surface area contributed by atoms with Crippen molar-refractivity contribution in [2.45, 2.75) is 56.5 Å². The molecule has 1 fully saturated rings. The molecule has 0 unspecified atom stereocenters. The average Bonchev–Trinajstić information content (AvgIpc) is 3.17. The molecule has 1 amide bonds. The minimum absolute atomic E-state index is 0.0813. The number of amides is 1. The van der Waals surface area contributed by atoms with Crippen molar-refractivity contribution < 1.29 is 13.2 Å². The summed E-state index contributed by atoms with van der Waals surface area (Å²) < 4.78 is 27.1. The molecule has 1 saturated heterocycles. The summed E-state index contributed by atoms with van der Waals surface area (Å²) in [5, 5.41) is 2.91. The van der Waals surface area contributed by atoms with Gasteiger partial charge in [0, 0.05) is 13.1 Å². The second kappa shape index (κ2) is 8.05. The van der Waals surface area contributed by atoms with Crippen molar-refractivity contribution in [1.82, 2.24) is 9.62 Å². The summed E-state index contributed by atoms with van der Waals surface area (Å²) >= 11 is 0. The molecule has 0 aliphatic carbocycles. The van der Waals surface area contributed by atoms with Crippen molar-refractivity contribution in [2.24, 2.45) is 0 Å². The van der Waals surface area contributed by atoms with Gasteiger partial charge in [0.1, 0.15) is 6.04 Å². The van der Waals surface area contributed by atoms with Crippen LogP contribution in [0.3, 0.4) is 0 Å². The van der Waals surface area contributed by atoms with Crippen LogP contribution in [0.15, 0.2) is 59.5 Å². The molecule has 1 aliphatic heterocycles. The van der Waals surface area contributed by atoms with E-state index in [0.29, 0.717) is 25.9 Å². The molecule has 0 aromatic heterocycles. The maximum atomic E-state index is 12.9. The summed E-state index contributed by atoms with van der Waals surface area (Å²) in [4.78, 5) is 12.9. The summed E-state index contributed by atoms with van der Waals surface area (Å²) in [6, 6.07) is 15.8. The summed E-state index contributed by atoms with van der Waals surface area (Å²) in [6.45, 7) is 7.23. The lowest BCUT2D eigenvalue weighted by molar-refractivity contribution is -0.124. The SMILES string of the molecule is CC(C)(C)c1ccc(CNC(=O)[C@H]2CCCN2S(=O)(=O)c2ccccc2)cc1. The van der Waals surface area contributed by atoms with E-state index < -0.39 is 16.1 Å². The first-order valence-electron chi connectivity index (χ1n) is 9.63. The zero-order chi connectivity index (χ0) is 20.4. The molecule has 0 spiro atoms. The number of sulfonamides is 1. The molecular formula is C22H28N2O3S. The van der Waals surface area contributed by atoms with Crippen LogP contribution in [-0.2, 0) is 26.8 Å². The van der Waals surface area contributed by atoms with Crippen LogP contribution in [0.1, 0.15) is 44.7 Å². The minimum Gasteiger partial charge on any atom is -0.351 e. The van der Waals surface area contributed by atoms with Gasteiger partial charge in [-0.15, -0.1) is 0 Å². The van der Waals surface area contributed by atoms with E-state index in [2.05, 4.69) is 38.2 Å². The lowest BCUT2D eigenvalue weighted by Gasteiger charge is -2.23. The zero-order valence-electron chi connectivity index (χ0n) is 16.7. The molecule has 0 radical (unpaired) electrons. The van der Waals surface area contributed by atoms with Gasteiger partial charge in [0.15, 0.2) is 0 Å². The highest BCUT2D eigenvalue weighted by atomic mass is 32.2. The highest BCUT2D eigenvalue weighted by molar-refractivity contribution is 7.89. The monoisotopic (exact) mass is 400 g/mol. The fourth-order valence-corrected chi connectivity index (χ4v) is 5.12. The van der Waals surface area contributed by atoms with Gasteiger partial charge in [-0.05, 0) is 41.5 Å². The van der Waals surface area contributed by atoms with Crippen LogP contribution in [0.4, 0.5) is 0 Å². The largest absolute Gasteiger partial charge is 0.351 e. The van der Waals surface area contributed by atoms with Crippen LogP contribution in [0.25, 0.3) is 0 Å². The predicted molar refractivity (Wildman–Crippen MR) is 110 cm³/mol. The van der Waals surface area contributed by atoms with Crippen molar-refractivity contribution in [2.75, 3.05) is 6.54 Å². The Balaban J connectivity index is 1.67. The van der Waals surface area contributed by atoms with Crippen LogP contribution in [0.2, 0.25) is 0 Å².